The van der Waals surface area contributed by atoms with Gasteiger partial charge in [-0.1, -0.05) is 57.7 Å². The van der Waals surface area contributed by atoms with E-state index < -0.39 is 14.6 Å². The van der Waals surface area contributed by atoms with Crippen LogP contribution in [0.4, 0.5) is 0 Å². The normalized spacial score (nSPS) is 24.2. The Kier molecular flexibility index (Phi) is 7.83. The Balaban J connectivity index is 1.85. The highest BCUT2D eigenvalue weighted by Crippen LogP contribution is 2.40. The van der Waals surface area contributed by atoms with E-state index in [-0.39, 0.29) is 17.2 Å². The lowest BCUT2D eigenvalue weighted by Crippen LogP contribution is -2.51. The molecule has 0 amide bonds. The Labute approximate surface area is 166 Å². The molecule has 27 heavy (non-hydrogen) atoms. The molecule has 0 radical (unpaired) electrons. The lowest BCUT2D eigenvalue weighted by Gasteiger charge is -2.44. The molecule has 0 saturated carbocycles. The zero-order valence-electron chi connectivity index (χ0n) is 17.8. The van der Waals surface area contributed by atoms with Crippen molar-refractivity contribution in [3.05, 3.63) is 48.0 Å². The molecule has 1 aromatic rings. The third kappa shape index (κ3) is 6.26. The van der Waals surface area contributed by atoms with Gasteiger partial charge in [0.2, 0.25) is 0 Å². The Morgan fingerprint density at radius 2 is 1.85 bits per heavy atom. The minimum atomic E-state index is -1.93. The first-order valence-corrected chi connectivity index (χ1v) is 12.7. The molecule has 0 aromatic heterocycles. The van der Waals surface area contributed by atoms with Gasteiger partial charge in [0.15, 0.2) is 14.6 Å². The van der Waals surface area contributed by atoms with Crippen LogP contribution in [-0.2, 0) is 25.2 Å². The van der Waals surface area contributed by atoms with Gasteiger partial charge in [-0.15, -0.1) is 0 Å². The van der Waals surface area contributed by atoms with Crippen molar-refractivity contribution in [1.82, 2.24) is 0 Å². The van der Waals surface area contributed by atoms with E-state index in [1.165, 1.54) is 5.56 Å². The number of benzene rings is 1. The molecule has 3 atom stereocenters. The van der Waals surface area contributed by atoms with E-state index in [1.807, 2.05) is 18.2 Å². The van der Waals surface area contributed by atoms with Gasteiger partial charge in [0, 0.05) is 13.7 Å². The number of hydrogen-bond acceptors (Lipinski definition) is 4. The minimum absolute atomic E-state index is 0.0532. The third-order valence-corrected chi connectivity index (χ3v) is 10.1. The van der Waals surface area contributed by atoms with Crippen LogP contribution in [0.2, 0.25) is 18.1 Å². The molecule has 1 aliphatic rings. The van der Waals surface area contributed by atoms with E-state index >= 15 is 0 Å². The summed E-state index contributed by atoms with van der Waals surface area (Å²) < 4.78 is 24.1. The highest BCUT2D eigenvalue weighted by Gasteiger charge is 2.44. The first kappa shape index (κ1) is 22.3. The summed E-state index contributed by atoms with van der Waals surface area (Å²) in [6.45, 7) is 16.8. The average molecular weight is 393 g/mol. The first-order valence-electron chi connectivity index (χ1n) is 9.79. The van der Waals surface area contributed by atoms with Gasteiger partial charge < -0.3 is 18.6 Å². The summed E-state index contributed by atoms with van der Waals surface area (Å²) in [7, 11) is -0.254. The van der Waals surface area contributed by atoms with Gasteiger partial charge >= 0.3 is 0 Å². The van der Waals surface area contributed by atoms with E-state index in [4.69, 9.17) is 18.6 Å². The van der Waals surface area contributed by atoms with Crippen LogP contribution in [0.15, 0.2) is 42.5 Å². The molecule has 1 unspecified atom stereocenters. The van der Waals surface area contributed by atoms with E-state index in [0.717, 1.165) is 18.4 Å². The van der Waals surface area contributed by atoms with Gasteiger partial charge in [0.25, 0.3) is 0 Å². The SMILES string of the molecule is C=C1C[C@@H](CCOCc2ccccc2)OC(OC)[C@@H]1O[Si](C)(C)C(C)(C)C. The fourth-order valence-corrected chi connectivity index (χ4v) is 4.14. The maximum atomic E-state index is 6.55. The van der Waals surface area contributed by atoms with Crippen molar-refractivity contribution in [2.45, 2.75) is 76.8 Å². The summed E-state index contributed by atoms with van der Waals surface area (Å²) in [5.74, 6) is 0. The summed E-state index contributed by atoms with van der Waals surface area (Å²) in [5.41, 5.74) is 2.25. The van der Waals surface area contributed by atoms with Crippen LogP contribution in [0.3, 0.4) is 0 Å². The smallest absolute Gasteiger partial charge is 0.193 e. The molecule has 0 aliphatic carbocycles. The minimum Gasteiger partial charge on any atom is -0.405 e. The highest BCUT2D eigenvalue weighted by molar-refractivity contribution is 6.74. The molecule has 0 bridgehead atoms. The van der Waals surface area contributed by atoms with E-state index in [9.17, 15) is 0 Å². The van der Waals surface area contributed by atoms with Gasteiger partial charge in [0.1, 0.15) is 6.10 Å². The predicted molar refractivity (Wildman–Crippen MR) is 112 cm³/mol. The van der Waals surface area contributed by atoms with Crippen molar-refractivity contribution in [1.29, 1.82) is 0 Å². The lowest BCUT2D eigenvalue weighted by molar-refractivity contribution is -0.210. The molecule has 1 heterocycles. The summed E-state index contributed by atoms with van der Waals surface area (Å²) >= 11 is 0. The van der Waals surface area contributed by atoms with Crippen LogP contribution in [-0.4, -0.2) is 40.5 Å². The summed E-state index contributed by atoms with van der Waals surface area (Å²) in [5, 5.41) is 0.133. The van der Waals surface area contributed by atoms with Crippen LogP contribution in [0.5, 0.6) is 0 Å². The largest absolute Gasteiger partial charge is 0.405 e. The van der Waals surface area contributed by atoms with Crippen LogP contribution in [0, 0.1) is 0 Å². The topological polar surface area (TPSA) is 36.9 Å². The monoisotopic (exact) mass is 392 g/mol. The molecule has 1 aliphatic heterocycles. The summed E-state index contributed by atoms with van der Waals surface area (Å²) in [6.07, 6.45) is 1.06. The molecule has 1 saturated heterocycles. The molecule has 152 valence electrons. The van der Waals surface area contributed by atoms with Gasteiger partial charge in [-0.3, -0.25) is 0 Å². The van der Waals surface area contributed by atoms with Gasteiger partial charge in [-0.25, -0.2) is 0 Å². The lowest BCUT2D eigenvalue weighted by atomic mass is 9.99. The predicted octanol–water partition coefficient (Wildman–Crippen LogP) is 5.30. The van der Waals surface area contributed by atoms with Gasteiger partial charge in [-0.2, -0.15) is 0 Å². The maximum absolute atomic E-state index is 6.55. The molecule has 4 nitrogen and oxygen atoms in total. The van der Waals surface area contributed by atoms with Gasteiger partial charge in [0.05, 0.1) is 12.7 Å². The van der Waals surface area contributed by atoms with Crippen molar-refractivity contribution < 1.29 is 18.6 Å². The quantitative estimate of drug-likeness (QED) is 0.342. The van der Waals surface area contributed by atoms with Crippen molar-refractivity contribution >= 4 is 8.32 Å². The number of methoxy groups -OCH3 is 1. The van der Waals surface area contributed by atoms with Crippen molar-refractivity contribution in [2.75, 3.05) is 13.7 Å². The maximum Gasteiger partial charge on any atom is 0.193 e. The van der Waals surface area contributed by atoms with E-state index in [1.54, 1.807) is 7.11 Å². The zero-order valence-corrected chi connectivity index (χ0v) is 18.8. The first-order chi connectivity index (χ1) is 12.6. The van der Waals surface area contributed by atoms with E-state index in [2.05, 4.69) is 52.6 Å². The number of hydrogen-bond donors (Lipinski definition) is 0. The molecule has 0 spiro atoms. The molecule has 2 rings (SSSR count). The molecule has 5 heteroatoms. The van der Waals surface area contributed by atoms with Crippen LogP contribution >= 0.6 is 0 Å². The van der Waals surface area contributed by atoms with Crippen LogP contribution < -0.4 is 0 Å². The Morgan fingerprint density at radius 3 is 2.44 bits per heavy atom. The van der Waals surface area contributed by atoms with Crippen LogP contribution in [0.25, 0.3) is 0 Å². The van der Waals surface area contributed by atoms with Gasteiger partial charge in [-0.05, 0) is 42.1 Å². The highest BCUT2D eigenvalue weighted by atomic mass is 28.4. The third-order valence-electron chi connectivity index (χ3n) is 5.62. The number of rotatable bonds is 8. The molecule has 1 fully saturated rings. The summed E-state index contributed by atoms with van der Waals surface area (Å²) in [4.78, 5) is 0. The van der Waals surface area contributed by atoms with Crippen molar-refractivity contribution in [2.24, 2.45) is 0 Å². The fourth-order valence-electron chi connectivity index (χ4n) is 2.87. The Bertz CT molecular complexity index is 594. The second-order valence-electron chi connectivity index (χ2n) is 8.85. The van der Waals surface area contributed by atoms with Crippen molar-refractivity contribution in [3.8, 4) is 0 Å². The van der Waals surface area contributed by atoms with E-state index in [0.29, 0.717) is 13.2 Å². The molecular weight excluding hydrogens is 356 g/mol. The zero-order chi connectivity index (χ0) is 20.1. The Morgan fingerprint density at radius 1 is 1.19 bits per heavy atom. The average Bonchev–Trinajstić information content (AvgIpc) is 2.60. The molecule has 0 N–H and O–H groups in total. The Hall–Kier alpha value is -0.983. The number of ether oxygens (including phenoxy) is 3. The molecule has 1 aromatic carbocycles. The van der Waals surface area contributed by atoms with Crippen molar-refractivity contribution in [3.63, 3.8) is 0 Å². The molecular formula is C22H36O4Si. The van der Waals surface area contributed by atoms with Crippen LogP contribution in [0.1, 0.15) is 39.2 Å². The second kappa shape index (κ2) is 9.48. The summed E-state index contributed by atoms with van der Waals surface area (Å²) in [6, 6.07) is 10.2. The fraction of sp³-hybridized carbons (Fsp3) is 0.636. The standard InChI is InChI=1S/C22H36O4Si/c1-17-15-19(13-14-24-16-18-11-9-8-10-12-18)25-21(23-5)20(17)26-27(6,7)22(2,3)4/h8-12,19-21H,1,13-16H2,2-7H3/t19-,20-,21?/m1/s1. The second-order valence-corrected chi connectivity index (χ2v) is 13.6.